The molecular weight excluding hydrogens is 189 g/mol. The SMILES string of the molecule is C=[P+](C)C(C)c1c[nH]c2ccccc12. The van der Waals surface area contributed by atoms with Gasteiger partial charge in [-0.05, 0) is 13.0 Å². The predicted octanol–water partition coefficient (Wildman–Crippen LogP) is 3.77. The van der Waals surface area contributed by atoms with Gasteiger partial charge in [0.15, 0.2) is 0 Å². The van der Waals surface area contributed by atoms with E-state index < -0.39 is 0 Å². The van der Waals surface area contributed by atoms with E-state index in [-0.39, 0.29) is 7.55 Å². The van der Waals surface area contributed by atoms with E-state index in [1.54, 1.807) is 0 Å². The van der Waals surface area contributed by atoms with E-state index in [9.17, 15) is 0 Å². The summed E-state index contributed by atoms with van der Waals surface area (Å²) < 4.78 is 0. The van der Waals surface area contributed by atoms with Crippen molar-refractivity contribution in [2.75, 3.05) is 6.66 Å². The zero-order valence-corrected chi connectivity index (χ0v) is 9.51. The van der Waals surface area contributed by atoms with Crippen LogP contribution in [0.5, 0.6) is 0 Å². The lowest BCUT2D eigenvalue weighted by Crippen LogP contribution is -1.84. The Kier molecular flexibility index (Phi) is 2.43. The molecule has 0 spiro atoms. The standard InChI is InChI=1S/C12H15NP/c1-9(14(2)3)11-8-13-12-7-5-4-6-10(11)12/h4-9,13H,2H2,1,3H3/q+1. The maximum atomic E-state index is 4.15. The van der Waals surface area contributed by atoms with Crippen molar-refractivity contribution in [1.82, 2.24) is 4.98 Å². The second-order valence-electron chi connectivity index (χ2n) is 3.72. The summed E-state index contributed by atoms with van der Waals surface area (Å²) in [6.45, 7) is 4.48. The van der Waals surface area contributed by atoms with Gasteiger partial charge in [0, 0.05) is 22.7 Å². The van der Waals surface area contributed by atoms with Crippen LogP contribution in [0.15, 0.2) is 30.5 Å². The summed E-state index contributed by atoms with van der Waals surface area (Å²) in [6, 6.07) is 8.45. The van der Waals surface area contributed by atoms with Crippen molar-refractivity contribution < 1.29 is 0 Å². The molecule has 0 aliphatic heterocycles. The highest BCUT2D eigenvalue weighted by Crippen LogP contribution is 2.39. The van der Waals surface area contributed by atoms with Gasteiger partial charge in [0.25, 0.3) is 0 Å². The molecule has 1 aromatic carbocycles. The number of hydrogen-bond acceptors (Lipinski definition) is 0. The summed E-state index contributed by atoms with van der Waals surface area (Å²) in [5, 5.41) is 1.35. The van der Waals surface area contributed by atoms with Crippen molar-refractivity contribution >= 4 is 24.7 Å². The Balaban J connectivity index is 2.58. The topological polar surface area (TPSA) is 15.8 Å². The second-order valence-corrected chi connectivity index (χ2v) is 6.01. The Labute approximate surface area is 85.5 Å². The number of hydrogen-bond donors (Lipinski definition) is 1. The van der Waals surface area contributed by atoms with E-state index >= 15 is 0 Å². The third-order valence-electron chi connectivity index (χ3n) is 2.73. The van der Waals surface area contributed by atoms with Crippen LogP contribution in [-0.2, 0) is 0 Å². The maximum absolute atomic E-state index is 4.15. The first kappa shape index (κ1) is 9.48. The van der Waals surface area contributed by atoms with Gasteiger partial charge in [-0.2, -0.15) is 0 Å². The van der Waals surface area contributed by atoms with Crippen LogP contribution in [0.4, 0.5) is 0 Å². The molecule has 1 nitrogen and oxygen atoms in total. The highest BCUT2D eigenvalue weighted by Gasteiger charge is 2.18. The molecule has 2 aromatic rings. The van der Waals surface area contributed by atoms with Crippen molar-refractivity contribution in [3.8, 4) is 0 Å². The fraction of sp³-hybridized carbons (Fsp3) is 0.250. The van der Waals surface area contributed by atoms with E-state index in [4.69, 9.17) is 0 Å². The minimum absolute atomic E-state index is 0.155. The van der Waals surface area contributed by atoms with Crippen molar-refractivity contribution in [3.63, 3.8) is 0 Å². The number of benzene rings is 1. The second kappa shape index (κ2) is 3.59. The molecule has 1 N–H and O–H groups in total. The first-order valence-electron chi connectivity index (χ1n) is 4.79. The molecule has 0 fully saturated rings. The van der Waals surface area contributed by atoms with Crippen LogP contribution in [-0.4, -0.2) is 17.9 Å². The van der Waals surface area contributed by atoms with Crippen molar-refractivity contribution in [2.24, 2.45) is 0 Å². The van der Waals surface area contributed by atoms with Gasteiger partial charge in [0.1, 0.15) is 5.66 Å². The molecule has 2 rings (SSSR count). The number of H-pyrrole nitrogens is 1. The molecule has 0 saturated heterocycles. The number of aromatic amines is 1. The lowest BCUT2D eigenvalue weighted by molar-refractivity contribution is 1.10. The predicted molar refractivity (Wildman–Crippen MR) is 66.7 cm³/mol. The monoisotopic (exact) mass is 204 g/mol. The summed E-state index contributed by atoms with van der Waals surface area (Å²) in [5.41, 5.74) is 3.21. The quantitative estimate of drug-likeness (QED) is 0.716. The molecule has 0 aliphatic rings. The van der Waals surface area contributed by atoms with E-state index in [0.717, 1.165) is 0 Å². The molecule has 0 radical (unpaired) electrons. The van der Waals surface area contributed by atoms with Crippen LogP contribution in [0.3, 0.4) is 0 Å². The van der Waals surface area contributed by atoms with E-state index in [2.05, 4.69) is 55.3 Å². The summed E-state index contributed by atoms with van der Waals surface area (Å²) in [6.07, 6.45) is 6.28. The first-order valence-corrected chi connectivity index (χ1v) is 6.84. The Morgan fingerprint density at radius 2 is 2.07 bits per heavy atom. The van der Waals surface area contributed by atoms with Gasteiger partial charge >= 0.3 is 0 Å². The van der Waals surface area contributed by atoms with Crippen LogP contribution in [0.2, 0.25) is 0 Å². The highest BCUT2D eigenvalue weighted by atomic mass is 31.1. The van der Waals surface area contributed by atoms with Gasteiger partial charge in [-0.3, -0.25) is 0 Å². The van der Waals surface area contributed by atoms with Gasteiger partial charge in [0.2, 0.25) is 0 Å². The van der Waals surface area contributed by atoms with Crippen molar-refractivity contribution in [2.45, 2.75) is 12.6 Å². The molecule has 0 aliphatic carbocycles. The molecule has 72 valence electrons. The average molecular weight is 204 g/mol. The largest absolute Gasteiger partial charge is 0.361 e. The molecule has 1 heterocycles. The summed E-state index contributed by atoms with van der Waals surface area (Å²) in [5.74, 6) is 0. The molecule has 1 aromatic heterocycles. The van der Waals surface area contributed by atoms with Crippen LogP contribution in [0.1, 0.15) is 18.1 Å². The van der Waals surface area contributed by atoms with E-state index in [0.29, 0.717) is 5.66 Å². The van der Waals surface area contributed by atoms with Gasteiger partial charge in [-0.15, -0.1) is 0 Å². The summed E-state index contributed by atoms with van der Waals surface area (Å²) >= 11 is 0. The number of fused-ring (bicyclic) bond motifs is 1. The van der Waals surface area contributed by atoms with Crippen molar-refractivity contribution in [3.05, 3.63) is 36.0 Å². The molecule has 2 atom stereocenters. The van der Waals surface area contributed by atoms with Gasteiger partial charge in [0.05, 0.1) is 20.5 Å². The zero-order valence-electron chi connectivity index (χ0n) is 8.62. The molecular formula is C12H15NP+. The smallest absolute Gasteiger partial charge is 0.140 e. The van der Waals surface area contributed by atoms with Gasteiger partial charge in [-0.1, -0.05) is 18.2 Å². The summed E-state index contributed by atoms with van der Waals surface area (Å²) in [7, 11) is -0.155. The maximum Gasteiger partial charge on any atom is 0.140 e. The third kappa shape index (κ3) is 1.49. The normalized spacial score (nSPS) is 14.3. The highest BCUT2D eigenvalue weighted by molar-refractivity contribution is 7.55. The lowest BCUT2D eigenvalue weighted by atomic mass is 10.1. The molecule has 0 amide bonds. The Morgan fingerprint density at radius 3 is 2.79 bits per heavy atom. The Bertz CT molecular complexity index is 470. The minimum Gasteiger partial charge on any atom is -0.361 e. The van der Waals surface area contributed by atoms with Crippen molar-refractivity contribution in [1.29, 1.82) is 0 Å². The molecule has 0 saturated carbocycles. The number of aromatic nitrogens is 1. The average Bonchev–Trinajstić information content (AvgIpc) is 2.60. The third-order valence-corrected chi connectivity index (χ3v) is 4.33. The van der Waals surface area contributed by atoms with Crippen LogP contribution < -0.4 is 0 Å². The summed E-state index contributed by atoms with van der Waals surface area (Å²) in [4.78, 5) is 3.31. The Hall–Kier alpha value is -1.07. The molecule has 14 heavy (non-hydrogen) atoms. The first-order chi connectivity index (χ1) is 6.70. The van der Waals surface area contributed by atoms with E-state index in [1.165, 1.54) is 16.5 Å². The Morgan fingerprint density at radius 1 is 1.36 bits per heavy atom. The van der Waals surface area contributed by atoms with Crippen LogP contribution in [0, 0.1) is 0 Å². The lowest BCUT2D eigenvalue weighted by Gasteiger charge is -2.00. The fourth-order valence-corrected chi connectivity index (χ4v) is 2.37. The van der Waals surface area contributed by atoms with E-state index in [1.807, 2.05) is 0 Å². The van der Waals surface area contributed by atoms with Gasteiger partial charge < -0.3 is 4.98 Å². The van der Waals surface area contributed by atoms with Gasteiger partial charge in [-0.25, -0.2) is 0 Å². The molecule has 0 bridgehead atoms. The van der Waals surface area contributed by atoms with Crippen LogP contribution in [0.25, 0.3) is 10.9 Å². The number of nitrogens with one attached hydrogen (secondary N) is 1. The molecule has 2 unspecified atom stereocenters. The zero-order chi connectivity index (χ0) is 10.1. The molecule has 2 heteroatoms. The number of para-hydroxylation sites is 1. The van der Waals surface area contributed by atoms with Crippen LogP contribution >= 0.6 is 7.55 Å². The number of rotatable bonds is 2. The minimum atomic E-state index is -0.155. The fourth-order valence-electron chi connectivity index (χ4n) is 1.68.